The molecule has 2 aromatic rings. The molecule has 21 heavy (non-hydrogen) atoms. The lowest BCUT2D eigenvalue weighted by molar-refractivity contribution is 0.299. The zero-order valence-corrected chi connectivity index (χ0v) is 11.4. The van der Waals surface area contributed by atoms with Gasteiger partial charge in [-0.2, -0.15) is 0 Å². The molecule has 0 spiro atoms. The molecular formula is C15H15FN2O3. The minimum atomic E-state index is -0.401. The lowest BCUT2D eigenvalue weighted by Gasteiger charge is -2.09. The van der Waals surface area contributed by atoms with Gasteiger partial charge in [0.05, 0.1) is 7.11 Å². The minimum absolute atomic E-state index is 0.0175. The summed E-state index contributed by atoms with van der Waals surface area (Å²) in [6.07, 6.45) is 0. The molecule has 0 atom stereocenters. The highest BCUT2D eigenvalue weighted by molar-refractivity contribution is 5.97. The van der Waals surface area contributed by atoms with Crippen LogP contribution in [0.1, 0.15) is 11.1 Å². The van der Waals surface area contributed by atoms with Crippen LogP contribution in [-0.4, -0.2) is 18.2 Å². The standard InChI is InChI=1S/C15H15FN2O3/c1-20-12-6-5-11(14(16)8-12)9-21-13-4-2-3-10(7-13)15(17)18-19/h2-8,19H,9H2,1H3,(H2,17,18). The molecule has 0 saturated heterocycles. The van der Waals surface area contributed by atoms with E-state index in [1.54, 1.807) is 36.4 Å². The van der Waals surface area contributed by atoms with Crippen molar-refractivity contribution in [2.45, 2.75) is 6.61 Å². The van der Waals surface area contributed by atoms with Crippen LogP contribution in [0.25, 0.3) is 0 Å². The van der Waals surface area contributed by atoms with E-state index < -0.39 is 5.82 Å². The first-order chi connectivity index (χ1) is 10.1. The normalized spacial score (nSPS) is 11.2. The number of nitrogens with zero attached hydrogens (tertiary/aromatic N) is 1. The summed E-state index contributed by atoms with van der Waals surface area (Å²) in [4.78, 5) is 0. The topological polar surface area (TPSA) is 77.1 Å². The highest BCUT2D eigenvalue weighted by Crippen LogP contribution is 2.19. The van der Waals surface area contributed by atoms with Crippen molar-refractivity contribution in [3.63, 3.8) is 0 Å². The van der Waals surface area contributed by atoms with Crippen LogP contribution in [0, 0.1) is 5.82 Å². The van der Waals surface area contributed by atoms with Gasteiger partial charge in [0.15, 0.2) is 5.84 Å². The molecule has 0 unspecified atom stereocenters. The Morgan fingerprint density at radius 3 is 2.71 bits per heavy atom. The number of oxime groups is 1. The van der Waals surface area contributed by atoms with Crippen LogP contribution in [0.15, 0.2) is 47.6 Å². The second-order valence-corrected chi connectivity index (χ2v) is 4.26. The predicted octanol–water partition coefficient (Wildman–Crippen LogP) is 2.51. The number of hydrogen-bond acceptors (Lipinski definition) is 4. The fraction of sp³-hybridized carbons (Fsp3) is 0.133. The number of rotatable bonds is 5. The molecule has 0 radical (unpaired) electrons. The highest BCUT2D eigenvalue weighted by atomic mass is 19.1. The lowest BCUT2D eigenvalue weighted by Crippen LogP contribution is -2.13. The molecule has 0 saturated carbocycles. The van der Waals surface area contributed by atoms with Gasteiger partial charge < -0.3 is 20.4 Å². The van der Waals surface area contributed by atoms with Gasteiger partial charge in [-0.3, -0.25) is 0 Å². The SMILES string of the molecule is COc1ccc(COc2cccc(/C(N)=N/O)c2)c(F)c1. The van der Waals surface area contributed by atoms with Gasteiger partial charge in [0, 0.05) is 17.2 Å². The summed E-state index contributed by atoms with van der Waals surface area (Å²) < 4.78 is 24.2. The summed E-state index contributed by atoms with van der Waals surface area (Å²) in [5.41, 5.74) is 6.42. The molecular weight excluding hydrogens is 275 g/mol. The van der Waals surface area contributed by atoms with Gasteiger partial charge in [-0.1, -0.05) is 17.3 Å². The molecule has 0 aromatic heterocycles. The summed E-state index contributed by atoms with van der Waals surface area (Å²) in [6.45, 7) is 0.0649. The molecule has 0 fully saturated rings. The lowest BCUT2D eigenvalue weighted by atomic mass is 10.2. The van der Waals surface area contributed by atoms with Gasteiger partial charge in [0.25, 0.3) is 0 Å². The third-order valence-electron chi connectivity index (χ3n) is 2.89. The van der Waals surface area contributed by atoms with E-state index in [-0.39, 0.29) is 12.4 Å². The van der Waals surface area contributed by atoms with Crippen LogP contribution >= 0.6 is 0 Å². The number of methoxy groups -OCH3 is 1. The molecule has 110 valence electrons. The average Bonchev–Trinajstić information content (AvgIpc) is 2.53. The third-order valence-corrected chi connectivity index (χ3v) is 2.89. The number of hydrogen-bond donors (Lipinski definition) is 2. The van der Waals surface area contributed by atoms with Gasteiger partial charge >= 0.3 is 0 Å². The van der Waals surface area contributed by atoms with Gasteiger partial charge in [0.2, 0.25) is 0 Å². The Kier molecular flexibility index (Phi) is 4.61. The molecule has 0 aliphatic rings. The molecule has 0 heterocycles. The maximum Gasteiger partial charge on any atom is 0.170 e. The van der Waals surface area contributed by atoms with Gasteiger partial charge in [0.1, 0.15) is 23.9 Å². The van der Waals surface area contributed by atoms with Crippen molar-refractivity contribution in [1.82, 2.24) is 0 Å². The van der Waals surface area contributed by atoms with Crippen molar-refractivity contribution >= 4 is 5.84 Å². The number of ether oxygens (including phenoxy) is 2. The summed E-state index contributed by atoms with van der Waals surface area (Å²) >= 11 is 0. The van der Waals surface area contributed by atoms with Gasteiger partial charge in [-0.15, -0.1) is 0 Å². The molecule has 0 aliphatic heterocycles. The van der Waals surface area contributed by atoms with Crippen LogP contribution in [0.2, 0.25) is 0 Å². The molecule has 2 aromatic carbocycles. The van der Waals surface area contributed by atoms with Crippen molar-refractivity contribution < 1.29 is 19.1 Å². The Labute approximate surface area is 121 Å². The first-order valence-electron chi connectivity index (χ1n) is 6.17. The van der Waals surface area contributed by atoms with Gasteiger partial charge in [-0.05, 0) is 24.3 Å². The predicted molar refractivity (Wildman–Crippen MR) is 76.2 cm³/mol. The Hall–Kier alpha value is -2.76. The zero-order chi connectivity index (χ0) is 15.2. The van der Waals surface area contributed by atoms with Crippen molar-refractivity contribution in [2.24, 2.45) is 10.9 Å². The van der Waals surface area contributed by atoms with Crippen molar-refractivity contribution in [3.05, 3.63) is 59.4 Å². The third kappa shape index (κ3) is 3.62. The largest absolute Gasteiger partial charge is 0.497 e. The van der Waals surface area contributed by atoms with E-state index in [1.165, 1.54) is 13.2 Å². The Balaban J connectivity index is 2.10. The smallest absolute Gasteiger partial charge is 0.170 e. The van der Waals surface area contributed by atoms with Crippen LogP contribution < -0.4 is 15.2 Å². The zero-order valence-electron chi connectivity index (χ0n) is 11.4. The fourth-order valence-corrected chi connectivity index (χ4v) is 1.74. The number of amidine groups is 1. The van der Waals surface area contributed by atoms with E-state index in [1.807, 2.05) is 0 Å². The van der Waals surface area contributed by atoms with Crippen LogP contribution in [-0.2, 0) is 6.61 Å². The first kappa shape index (κ1) is 14.6. The second-order valence-electron chi connectivity index (χ2n) is 4.26. The van der Waals surface area contributed by atoms with Gasteiger partial charge in [-0.25, -0.2) is 4.39 Å². The van der Waals surface area contributed by atoms with E-state index in [9.17, 15) is 4.39 Å². The van der Waals surface area contributed by atoms with Crippen molar-refractivity contribution in [1.29, 1.82) is 0 Å². The van der Waals surface area contributed by atoms with Crippen LogP contribution in [0.4, 0.5) is 4.39 Å². The maximum atomic E-state index is 13.8. The molecule has 3 N–H and O–H groups in total. The summed E-state index contributed by atoms with van der Waals surface area (Å²) in [5.74, 6) is 0.525. The summed E-state index contributed by atoms with van der Waals surface area (Å²) in [7, 11) is 1.48. The number of benzene rings is 2. The first-order valence-corrected chi connectivity index (χ1v) is 6.17. The molecule has 0 aliphatic carbocycles. The number of nitrogens with two attached hydrogens (primary N) is 1. The average molecular weight is 290 g/mol. The van der Waals surface area contributed by atoms with Crippen LogP contribution in [0.5, 0.6) is 11.5 Å². The van der Waals surface area contributed by atoms with E-state index in [2.05, 4.69) is 5.16 Å². The Morgan fingerprint density at radius 1 is 1.24 bits per heavy atom. The number of halogens is 1. The monoisotopic (exact) mass is 290 g/mol. The molecule has 2 rings (SSSR count). The van der Waals surface area contributed by atoms with Crippen molar-refractivity contribution in [3.8, 4) is 11.5 Å². The summed E-state index contributed by atoms with van der Waals surface area (Å²) in [6, 6.07) is 11.2. The fourth-order valence-electron chi connectivity index (χ4n) is 1.74. The minimum Gasteiger partial charge on any atom is -0.497 e. The van der Waals surface area contributed by atoms with E-state index in [0.717, 1.165) is 0 Å². The van der Waals surface area contributed by atoms with Crippen LogP contribution in [0.3, 0.4) is 0 Å². The molecule has 0 amide bonds. The quantitative estimate of drug-likeness (QED) is 0.384. The summed E-state index contributed by atoms with van der Waals surface area (Å²) in [5, 5.41) is 11.5. The Morgan fingerprint density at radius 2 is 2.05 bits per heavy atom. The maximum absolute atomic E-state index is 13.8. The van der Waals surface area contributed by atoms with E-state index in [4.69, 9.17) is 20.4 Å². The molecule has 0 bridgehead atoms. The highest BCUT2D eigenvalue weighted by Gasteiger charge is 2.06. The molecule has 6 heteroatoms. The van der Waals surface area contributed by atoms with E-state index in [0.29, 0.717) is 22.6 Å². The van der Waals surface area contributed by atoms with Crippen molar-refractivity contribution in [2.75, 3.05) is 7.11 Å². The Bertz CT molecular complexity index is 659. The van der Waals surface area contributed by atoms with E-state index >= 15 is 0 Å². The molecule has 5 nitrogen and oxygen atoms in total. The second kappa shape index (κ2) is 6.60.